The van der Waals surface area contributed by atoms with Crippen molar-refractivity contribution in [2.45, 2.75) is 6.92 Å². The lowest BCUT2D eigenvalue weighted by Gasteiger charge is -2.06. The molecule has 0 aliphatic heterocycles. The number of aromatic amines is 1. The Morgan fingerprint density at radius 2 is 2.05 bits per heavy atom. The maximum atomic E-state index is 12.1. The second-order valence-corrected chi connectivity index (χ2v) is 4.58. The molecule has 5 heteroatoms. The molecule has 0 aliphatic rings. The number of amides is 1. The third-order valence-corrected chi connectivity index (χ3v) is 3.01. The quantitative estimate of drug-likeness (QED) is 0.625. The lowest BCUT2D eigenvalue weighted by atomic mass is 10.2. The number of nitrogens with zero attached hydrogens (tertiary/aromatic N) is 1. The van der Waals surface area contributed by atoms with Crippen LogP contribution in [0, 0.1) is 6.92 Å². The van der Waals surface area contributed by atoms with Gasteiger partial charge in [-0.05, 0) is 36.8 Å². The topological polar surface area (TPSA) is 78.0 Å². The Morgan fingerprint density at radius 3 is 2.80 bits per heavy atom. The molecule has 2 aromatic carbocycles. The number of phenolic OH excluding ortho intramolecular Hbond substituents is 1. The van der Waals surface area contributed by atoms with Gasteiger partial charge < -0.3 is 15.4 Å². The van der Waals surface area contributed by atoms with E-state index >= 15 is 0 Å². The zero-order chi connectivity index (χ0) is 14.1. The van der Waals surface area contributed by atoms with Gasteiger partial charge in [-0.1, -0.05) is 18.2 Å². The highest BCUT2D eigenvalue weighted by Crippen LogP contribution is 2.24. The number of aryl methyl sites for hydroxylation is 1. The van der Waals surface area contributed by atoms with Crippen molar-refractivity contribution in [2.75, 3.05) is 5.32 Å². The van der Waals surface area contributed by atoms with E-state index in [1.165, 1.54) is 0 Å². The number of aromatic nitrogens is 2. The molecule has 100 valence electrons. The average Bonchev–Trinajstić information content (AvgIpc) is 2.86. The van der Waals surface area contributed by atoms with Crippen molar-refractivity contribution in [3.8, 4) is 5.75 Å². The van der Waals surface area contributed by atoms with Crippen molar-refractivity contribution >= 4 is 22.6 Å². The first-order valence-electron chi connectivity index (χ1n) is 6.19. The summed E-state index contributed by atoms with van der Waals surface area (Å²) in [5, 5.41) is 12.4. The fraction of sp³-hybridized carbons (Fsp3) is 0.0667. The van der Waals surface area contributed by atoms with Crippen LogP contribution >= 0.6 is 0 Å². The molecule has 3 N–H and O–H groups in total. The maximum absolute atomic E-state index is 12.1. The number of anilines is 1. The van der Waals surface area contributed by atoms with E-state index in [-0.39, 0.29) is 17.5 Å². The van der Waals surface area contributed by atoms with Crippen molar-refractivity contribution in [1.82, 2.24) is 9.97 Å². The molecule has 3 rings (SSSR count). The minimum atomic E-state index is -0.389. The van der Waals surface area contributed by atoms with Gasteiger partial charge in [0.05, 0.1) is 16.7 Å². The average molecular weight is 267 g/mol. The molecule has 0 saturated heterocycles. The SMILES string of the molecule is Cc1ccc(NC(=O)c2nc3ccccc3[nH]2)c(O)c1. The van der Waals surface area contributed by atoms with Crippen LogP contribution in [0.2, 0.25) is 0 Å². The molecule has 3 aromatic rings. The van der Waals surface area contributed by atoms with Gasteiger partial charge in [0.25, 0.3) is 5.91 Å². The van der Waals surface area contributed by atoms with Gasteiger partial charge >= 0.3 is 0 Å². The minimum absolute atomic E-state index is 0.0365. The normalized spacial score (nSPS) is 10.7. The van der Waals surface area contributed by atoms with Crippen molar-refractivity contribution in [1.29, 1.82) is 0 Å². The number of imidazole rings is 1. The predicted octanol–water partition coefficient (Wildman–Crippen LogP) is 2.83. The molecule has 0 bridgehead atoms. The summed E-state index contributed by atoms with van der Waals surface area (Å²) < 4.78 is 0. The van der Waals surface area contributed by atoms with Gasteiger partial charge in [0, 0.05) is 0 Å². The number of nitrogens with one attached hydrogen (secondary N) is 2. The van der Waals surface area contributed by atoms with E-state index < -0.39 is 0 Å². The van der Waals surface area contributed by atoms with E-state index in [0.29, 0.717) is 5.69 Å². The number of hydrogen-bond donors (Lipinski definition) is 3. The van der Waals surface area contributed by atoms with E-state index in [1.54, 1.807) is 12.1 Å². The Labute approximate surface area is 115 Å². The van der Waals surface area contributed by atoms with Crippen LogP contribution < -0.4 is 5.32 Å². The van der Waals surface area contributed by atoms with Gasteiger partial charge in [-0.15, -0.1) is 0 Å². The Balaban J connectivity index is 1.89. The molecular formula is C15H13N3O2. The highest BCUT2D eigenvalue weighted by Gasteiger charge is 2.13. The fourth-order valence-electron chi connectivity index (χ4n) is 1.99. The van der Waals surface area contributed by atoms with Crippen molar-refractivity contribution in [3.05, 3.63) is 53.9 Å². The van der Waals surface area contributed by atoms with Gasteiger partial charge in [-0.3, -0.25) is 4.79 Å². The van der Waals surface area contributed by atoms with Crippen molar-refractivity contribution < 1.29 is 9.90 Å². The second-order valence-electron chi connectivity index (χ2n) is 4.58. The molecule has 0 radical (unpaired) electrons. The summed E-state index contributed by atoms with van der Waals surface area (Å²) in [7, 11) is 0. The van der Waals surface area contributed by atoms with Gasteiger partial charge in [0.2, 0.25) is 0 Å². The Morgan fingerprint density at radius 1 is 1.25 bits per heavy atom. The maximum Gasteiger partial charge on any atom is 0.291 e. The Hall–Kier alpha value is -2.82. The van der Waals surface area contributed by atoms with E-state index in [1.807, 2.05) is 37.3 Å². The van der Waals surface area contributed by atoms with Crippen LogP contribution in [-0.2, 0) is 0 Å². The number of fused-ring (bicyclic) bond motifs is 1. The van der Waals surface area contributed by atoms with Crippen LogP contribution in [0.25, 0.3) is 11.0 Å². The molecule has 5 nitrogen and oxygen atoms in total. The van der Waals surface area contributed by atoms with E-state index in [4.69, 9.17) is 0 Å². The predicted molar refractivity (Wildman–Crippen MR) is 76.9 cm³/mol. The van der Waals surface area contributed by atoms with Crippen molar-refractivity contribution in [3.63, 3.8) is 0 Å². The summed E-state index contributed by atoms with van der Waals surface area (Å²) in [6.45, 7) is 1.87. The number of aromatic hydroxyl groups is 1. The molecule has 0 spiro atoms. The zero-order valence-electron chi connectivity index (χ0n) is 10.8. The highest BCUT2D eigenvalue weighted by atomic mass is 16.3. The third-order valence-electron chi connectivity index (χ3n) is 3.01. The molecule has 0 atom stereocenters. The van der Waals surface area contributed by atoms with Crippen molar-refractivity contribution in [2.24, 2.45) is 0 Å². The molecule has 0 saturated carbocycles. The van der Waals surface area contributed by atoms with E-state index in [9.17, 15) is 9.90 Å². The molecule has 20 heavy (non-hydrogen) atoms. The van der Waals surface area contributed by atoms with Crippen LogP contribution in [0.4, 0.5) is 5.69 Å². The van der Waals surface area contributed by atoms with Crippen LogP contribution in [0.15, 0.2) is 42.5 Å². The number of hydrogen-bond acceptors (Lipinski definition) is 3. The van der Waals surface area contributed by atoms with E-state index in [0.717, 1.165) is 16.6 Å². The highest BCUT2D eigenvalue weighted by molar-refractivity contribution is 6.04. The summed E-state index contributed by atoms with van der Waals surface area (Å²) in [5.41, 5.74) is 2.81. The minimum Gasteiger partial charge on any atom is -0.506 e. The molecule has 0 aliphatic carbocycles. The Kier molecular flexibility index (Phi) is 2.87. The van der Waals surface area contributed by atoms with Gasteiger partial charge in [-0.2, -0.15) is 0 Å². The van der Waals surface area contributed by atoms with Crippen LogP contribution in [0.3, 0.4) is 0 Å². The lowest BCUT2D eigenvalue weighted by Crippen LogP contribution is -2.13. The summed E-state index contributed by atoms with van der Waals surface area (Å²) in [4.78, 5) is 19.3. The lowest BCUT2D eigenvalue weighted by molar-refractivity contribution is 0.101. The van der Waals surface area contributed by atoms with Crippen LogP contribution in [0.1, 0.15) is 16.2 Å². The third kappa shape index (κ3) is 2.21. The van der Waals surface area contributed by atoms with Gasteiger partial charge in [-0.25, -0.2) is 4.98 Å². The molecule has 0 unspecified atom stereocenters. The largest absolute Gasteiger partial charge is 0.506 e. The Bertz CT molecular complexity index is 760. The van der Waals surface area contributed by atoms with Crippen LogP contribution in [0.5, 0.6) is 5.75 Å². The fourth-order valence-corrected chi connectivity index (χ4v) is 1.99. The monoisotopic (exact) mass is 267 g/mol. The summed E-state index contributed by atoms with van der Waals surface area (Å²) in [6.07, 6.45) is 0. The molecule has 1 heterocycles. The molecular weight excluding hydrogens is 254 g/mol. The van der Waals surface area contributed by atoms with Crippen LogP contribution in [-0.4, -0.2) is 21.0 Å². The number of phenols is 1. The number of carbonyl (C=O) groups excluding carboxylic acids is 1. The standard InChI is InChI=1S/C15H13N3O2/c1-9-6-7-12(13(19)8-9)18-15(20)14-16-10-4-2-3-5-11(10)17-14/h2-8,19H,1H3,(H,16,17)(H,18,20). The summed E-state index contributed by atoms with van der Waals surface area (Å²) >= 11 is 0. The first-order chi connectivity index (χ1) is 9.63. The smallest absolute Gasteiger partial charge is 0.291 e. The van der Waals surface area contributed by atoms with E-state index in [2.05, 4.69) is 15.3 Å². The zero-order valence-corrected chi connectivity index (χ0v) is 10.8. The molecule has 0 fully saturated rings. The number of carbonyl (C=O) groups is 1. The number of benzene rings is 2. The van der Waals surface area contributed by atoms with Gasteiger partial charge in [0.1, 0.15) is 5.75 Å². The number of rotatable bonds is 2. The van der Waals surface area contributed by atoms with Gasteiger partial charge in [0.15, 0.2) is 5.82 Å². The first-order valence-corrected chi connectivity index (χ1v) is 6.19. The first kappa shape index (κ1) is 12.2. The summed E-state index contributed by atoms with van der Waals surface area (Å²) in [6, 6.07) is 12.5. The molecule has 1 aromatic heterocycles. The number of H-pyrrole nitrogens is 1. The summed E-state index contributed by atoms with van der Waals surface area (Å²) in [5.74, 6) is -0.138. The number of para-hydroxylation sites is 2. The second kappa shape index (κ2) is 4.70. The molecule has 1 amide bonds.